The van der Waals surface area contributed by atoms with Crippen molar-refractivity contribution >= 4 is 40.3 Å². The molecule has 1 N–H and O–H groups in total. The van der Waals surface area contributed by atoms with Crippen molar-refractivity contribution in [3.05, 3.63) is 51.7 Å². The third-order valence-electron chi connectivity index (χ3n) is 4.09. The first-order valence-electron chi connectivity index (χ1n) is 8.68. The standard InChI is InChI=1S/C20H22N2O3S3/c1-13(27-11-16-12-28-20(22-16)15-6-7-26-10-15)19(23)21-9-14-4-5-17(24-2)18(8-14)25-3/h4-8,10,12-13H,9,11H2,1-3H3,(H,21,23). The van der Waals surface area contributed by atoms with E-state index < -0.39 is 0 Å². The molecule has 1 unspecified atom stereocenters. The van der Waals surface area contributed by atoms with Crippen LogP contribution in [0.15, 0.2) is 40.4 Å². The Morgan fingerprint density at radius 1 is 1.21 bits per heavy atom. The van der Waals surface area contributed by atoms with Crippen LogP contribution < -0.4 is 14.8 Å². The van der Waals surface area contributed by atoms with Crippen LogP contribution in [0.25, 0.3) is 10.6 Å². The summed E-state index contributed by atoms with van der Waals surface area (Å²) in [6.07, 6.45) is 0. The van der Waals surface area contributed by atoms with Gasteiger partial charge >= 0.3 is 0 Å². The number of ether oxygens (including phenoxy) is 2. The maximum absolute atomic E-state index is 12.4. The Balaban J connectivity index is 1.48. The van der Waals surface area contributed by atoms with E-state index in [1.807, 2.05) is 25.1 Å². The summed E-state index contributed by atoms with van der Waals surface area (Å²) >= 11 is 4.90. The van der Waals surface area contributed by atoms with Gasteiger partial charge in [0.05, 0.1) is 25.2 Å². The molecule has 0 saturated heterocycles. The van der Waals surface area contributed by atoms with E-state index in [0.29, 0.717) is 23.8 Å². The number of nitrogens with zero attached hydrogens (tertiary/aromatic N) is 1. The molecule has 148 valence electrons. The van der Waals surface area contributed by atoms with Gasteiger partial charge in [-0.15, -0.1) is 23.1 Å². The molecule has 0 aliphatic rings. The fourth-order valence-electron chi connectivity index (χ4n) is 2.50. The fourth-order valence-corrected chi connectivity index (χ4v) is 4.94. The van der Waals surface area contributed by atoms with Crippen LogP contribution in [0.3, 0.4) is 0 Å². The third kappa shape index (κ3) is 5.27. The van der Waals surface area contributed by atoms with E-state index in [1.165, 1.54) is 0 Å². The Hall–Kier alpha value is -2.03. The van der Waals surface area contributed by atoms with Crippen molar-refractivity contribution in [3.63, 3.8) is 0 Å². The van der Waals surface area contributed by atoms with Crippen molar-refractivity contribution in [1.29, 1.82) is 0 Å². The first-order valence-corrected chi connectivity index (χ1v) is 11.5. The van der Waals surface area contributed by atoms with Crippen LogP contribution >= 0.6 is 34.4 Å². The number of carbonyl (C=O) groups excluding carboxylic acids is 1. The zero-order chi connectivity index (χ0) is 19.9. The second-order valence-corrected chi connectivity index (χ2v) is 8.98. The van der Waals surface area contributed by atoms with Gasteiger partial charge in [0, 0.05) is 28.6 Å². The number of methoxy groups -OCH3 is 2. The van der Waals surface area contributed by atoms with Gasteiger partial charge in [-0.1, -0.05) is 6.07 Å². The summed E-state index contributed by atoms with van der Waals surface area (Å²) in [5.41, 5.74) is 3.13. The number of aromatic nitrogens is 1. The van der Waals surface area contributed by atoms with Gasteiger partial charge in [0.2, 0.25) is 5.91 Å². The molecular formula is C20H22N2O3S3. The summed E-state index contributed by atoms with van der Waals surface area (Å²) < 4.78 is 10.5. The minimum Gasteiger partial charge on any atom is -0.493 e. The van der Waals surface area contributed by atoms with Gasteiger partial charge in [-0.2, -0.15) is 11.3 Å². The maximum atomic E-state index is 12.4. The fraction of sp³-hybridized carbons (Fsp3) is 0.300. The van der Waals surface area contributed by atoms with Gasteiger partial charge in [-0.05, 0) is 36.1 Å². The van der Waals surface area contributed by atoms with Gasteiger partial charge in [-0.25, -0.2) is 4.98 Å². The molecule has 2 heterocycles. The highest BCUT2D eigenvalue weighted by atomic mass is 32.2. The zero-order valence-electron chi connectivity index (χ0n) is 15.9. The van der Waals surface area contributed by atoms with E-state index in [9.17, 15) is 4.79 Å². The number of hydrogen-bond acceptors (Lipinski definition) is 7. The number of amides is 1. The first-order chi connectivity index (χ1) is 13.6. The molecule has 0 spiro atoms. The molecule has 0 aliphatic carbocycles. The number of nitrogens with one attached hydrogen (secondary N) is 1. The summed E-state index contributed by atoms with van der Waals surface area (Å²) in [5.74, 6) is 2.05. The lowest BCUT2D eigenvalue weighted by Crippen LogP contribution is -2.30. The highest BCUT2D eigenvalue weighted by Gasteiger charge is 2.15. The van der Waals surface area contributed by atoms with Crippen LogP contribution in [0.4, 0.5) is 0 Å². The SMILES string of the molecule is COc1ccc(CNC(=O)C(C)SCc2csc(-c3ccsc3)n2)cc1OC. The van der Waals surface area contributed by atoms with Crippen LogP contribution in [0.2, 0.25) is 0 Å². The predicted octanol–water partition coefficient (Wildman–Crippen LogP) is 4.83. The van der Waals surface area contributed by atoms with Gasteiger partial charge in [0.15, 0.2) is 11.5 Å². The molecule has 0 fully saturated rings. The summed E-state index contributed by atoms with van der Waals surface area (Å²) in [6.45, 7) is 2.36. The molecule has 8 heteroatoms. The van der Waals surface area contributed by atoms with Crippen LogP contribution in [-0.2, 0) is 17.1 Å². The van der Waals surface area contributed by atoms with Crippen molar-refractivity contribution in [1.82, 2.24) is 10.3 Å². The van der Waals surface area contributed by atoms with Crippen LogP contribution in [-0.4, -0.2) is 30.4 Å². The second-order valence-electron chi connectivity index (χ2n) is 6.02. The van der Waals surface area contributed by atoms with E-state index in [4.69, 9.17) is 9.47 Å². The van der Waals surface area contributed by atoms with Crippen molar-refractivity contribution in [3.8, 4) is 22.1 Å². The predicted molar refractivity (Wildman–Crippen MR) is 118 cm³/mol. The quantitative estimate of drug-likeness (QED) is 0.523. The molecule has 0 bridgehead atoms. The smallest absolute Gasteiger partial charge is 0.233 e. The average Bonchev–Trinajstić information content (AvgIpc) is 3.41. The van der Waals surface area contributed by atoms with Crippen LogP contribution in [0.1, 0.15) is 18.2 Å². The molecule has 0 radical (unpaired) electrons. The van der Waals surface area contributed by atoms with Crippen molar-refractivity contribution in [2.45, 2.75) is 24.5 Å². The molecular weight excluding hydrogens is 412 g/mol. The lowest BCUT2D eigenvalue weighted by Gasteiger charge is -2.13. The topological polar surface area (TPSA) is 60.5 Å². The molecule has 1 atom stereocenters. The number of thiophene rings is 1. The Morgan fingerprint density at radius 2 is 2.04 bits per heavy atom. The summed E-state index contributed by atoms with van der Waals surface area (Å²) in [6, 6.07) is 7.70. The number of thioether (sulfide) groups is 1. The van der Waals surface area contributed by atoms with Gasteiger partial charge in [0.1, 0.15) is 5.01 Å². The van der Waals surface area contributed by atoms with E-state index in [2.05, 4.69) is 32.5 Å². The van der Waals surface area contributed by atoms with Crippen LogP contribution in [0.5, 0.6) is 11.5 Å². The number of hydrogen-bond donors (Lipinski definition) is 1. The summed E-state index contributed by atoms with van der Waals surface area (Å²) in [7, 11) is 3.20. The van der Waals surface area contributed by atoms with Crippen molar-refractivity contribution in [2.24, 2.45) is 0 Å². The first kappa shape index (κ1) is 20.7. The minimum absolute atomic E-state index is 0.00747. The number of thiazole rings is 1. The van der Waals surface area contributed by atoms with Crippen molar-refractivity contribution < 1.29 is 14.3 Å². The van der Waals surface area contributed by atoms with Gasteiger partial charge in [0.25, 0.3) is 0 Å². The summed E-state index contributed by atoms with van der Waals surface area (Å²) in [5, 5.41) is 10.1. The Morgan fingerprint density at radius 3 is 2.75 bits per heavy atom. The number of benzene rings is 1. The largest absolute Gasteiger partial charge is 0.493 e. The second kappa shape index (κ2) is 9.95. The zero-order valence-corrected chi connectivity index (χ0v) is 18.4. The number of carbonyl (C=O) groups is 1. The number of rotatable bonds is 9. The Kier molecular flexibility index (Phi) is 7.36. The molecule has 3 rings (SSSR count). The van der Waals surface area contributed by atoms with Crippen LogP contribution in [0, 0.1) is 0 Å². The monoisotopic (exact) mass is 434 g/mol. The molecule has 28 heavy (non-hydrogen) atoms. The van der Waals surface area contributed by atoms with Crippen molar-refractivity contribution in [2.75, 3.05) is 14.2 Å². The highest BCUT2D eigenvalue weighted by molar-refractivity contribution is 7.99. The Bertz CT molecular complexity index is 909. The molecule has 3 aromatic rings. The van der Waals surface area contributed by atoms with E-state index in [-0.39, 0.29) is 11.2 Å². The van der Waals surface area contributed by atoms with E-state index in [1.54, 1.807) is 48.7 Å². The third-order valence-corrected chi connectivity index (χ3v) is 6.88. The molecule has 2 aromatic heterocycles. The van der Waals surface area contributed by atoms with Gasteiger partial charge in [-0.3, -0.25) is 4.79 Å². The lowest BCUT2D eigenvalue weighted by atomic mass is 10.2. The molecule has 1 aromatic carbocycles. The molecule has 0 aliphatic heterocycles. The lowest BCUT2D eigenvalue weighted by molar-refractivity contribution is -0.120. The minimum atomic E-state index is -0.161. The van der Waals surface area contributed by atoms with E-state index >= 15 is 0 Å². The molecule has 1 amide bonds. The van der Waals surface area contributed by atoms with E-state index in [0.717, 1.165) is 21.8 Å². The average molecular weight is 435 g/mol. The molecule has 5 nitrogen and oxygen atoms in total. The highest BCUT2D eigenvalue weighted by Crippen LogP contribution is 2.29. The Labute approximate surface area is 177 Å². The summed E-state index contributed by atoms with van der Waals surface area (Å²) in [4.78, 5) is 17.1. The normalized spacial score (nSPS) is 11.8. The molecule has 0 saturated carbocycles. The van der Waals surface area contributed by atoms with Gasteiger partial charge < -0.3 is 14.8 Å². The maximum Gasteiger partial charge on any atom is 0.233 e.